The van der Waals surface area contributed by atoms with E-state index in [0.717, 1.165) is 0 Å². The number of hydrogen-bond acceptors (Lipinski definition) is 2. The predicted octanol–water partition coefficient (Wildman–Crippen LogP) is 0.777. The van der Waals surface area contributed by atoms with Crippen molar-refractivity contribution in [2.75, 3.05) is 0 Å². The molecule has 0 saturated carbocycles. The summed E-state index contributed by atoms with van der Waals surface area (Å²) < 4.78 is 0. The van der Waals surface area contributed by atoms with Gasteiger partial charge in [-0.2, -0.15) is 0 Å². The molecule has 10 heavy (non-hydrogen) atoms. The Bertz CT molecular complexity index is 212. The summed E-state index contributed by atoms with van der Waals surface area (Å²) in [6.45, 7) is 0. The number of carboxylic acid groups (broad SMARTS) is 1. The molecule has 0 saturated heterocycles. The van der Waals surface area contributed by atoms with Gasteiger partial charge < -0.3 is 5.11 Å². The molecule has 0 spiro atoms. The molecule has 0 atom stereocenters. The van der Waals surface area contributed by atoms with Crippen LogP contribution in [0, 0.1) is 0 Å². The fraction of sp³-hybridized carbons (Fsp3) is 0. The molecule has 3 nitrogen and oxygen atoms in total. The molecular formula is C6H5CuNO2. The third-order valence-electron chi connectivity index (χ3n) is 0.908. The number of rotatable bonds is 1. The maximum Gasteiger partial charge on any atom is 0.337 e. The van der Waals surface area contributed by atoms with Crippen LogP contribution in [-0.4, -0.2) is 16.1 Å². The minimum atomic E-state index is -0.942. The van der Waals surface area contributed by atoms with E-state index in [2.05, 4.69) is 4.98 Å². The SMILES string of the molecule is O=C(O)c1cccnc1.[Cu]. The largest absolute Gasteiger partial charge is 0.478 e. The Morgan fingerprint density at radius 1 is 1.60 bits per heavy atom. The van der Waals surface area contributed by atoms with Crippen LogP contribution in [0.15, 0.2) is 24.5 Å². The molecule has 0 unspecified atom stereocenters. The summed E-state index contributed by atoms with van der Waals surface area (Å²) in [5.74, 6) is -0.942. The summed E-state index contributed by atoms with van der Waals surface area (Å²) in [4.78, 5) is 13.8. The average Bonchev–Trinajstić information content (AvgIpc) is 1.90. The van der Waals surface area contributed by atoms with Crippen LogP contribution in [0.25, 0.3) is 0 Å². The second-order valence-electron chi connectivity index (χ2n) is 1.55. The van der Waals surface area contributed by atoms with Gasteiger partial charge in [0.2, 0.25) is 0 Å². The van der Waals surface area contributed by atoms with Gasteiger partial charge in [0, 0.05) is 29.5 Å². The summed E-state index contributed by atoms with van der Waals surface area (Å²) in [6.07, 6.45) is 2.84. The van der Waals surface area contributed by atoms with Crippen LogP contribution in [0.1, 0.15) is 10.4 Å². The van der Waals surface area contributed by atoms with Gasteiger partial charge in [0.25, 0.3) is 0 Å². The fourth-order valence-electron chi connectivity index (χ4n) is 0.489. The van der Waals surface area contributed by atoms with Crippen molar-refractivity contribution in [3.63, 3.8) is 0 Å². The first kappa shape index (κ1) is 9.14. The Labute approximate surface area is 68.6 Å². The van der Waals surface area contributed by atoms with Gasteiger partial charge in [0.15, 0.2) is 0 Å². The first-order chi connectivity index (χ1) is 4.30. The van der Waals surface area contributed by atoms with Gasteiger partial charge in [0.1, 0.15) is 0 Å². The molecule has 57 valence electrons. The van der Waals surface area contributed by atoms with Crippen molar-refractivity contribution < 1.29 is 27.0 Å². The molecule has 1 radical (unpaired) electrons. The summed E-state index contributed by atoms with van der Waals surface area (Å²) in [6, 6.07) is 3.08. The molecule has 0 fully saturated rings. The zero-order valence-corrected chi connectivity index (χ0v) is 5.86. The zero-order chi connectivity index (χ0) is 6.69. The van der Waals surface area contributed by atoms with Crippen molar-refractivity contribution in [3.05, 3.63) is 30.1 Å². The van der Waals surface area contributed by atoms with Gasteiger partial charge in [-0.05, 0) is 12.1 Å². The maximum absolute atomic E-state index is 10.2. The molecule has 0 amide bonds. The van der Waals surface area contributed by atoms with Crippen LogP contribution < -0.4 is 0 Å². The third-order valence-corrected chi connectivity index (χ3v) is 0.908. The molecule has 0 aromatic carbocycles. The minimum absolute atomic E-state index is 0. The van der Waals surface area contributed by atoms with Gasteiger partial charge in [-0.1, -0.05) is 0 Å². The van der Waals surface area contributed by atoms with E-state index in [-0.39, 0.29) is 22.6 Å². The molecule has 1 rings (SSSR count). The molecule has 0 bridgehead atoms. The fourth-order valence-corrected chi connectivity index (χ4v) is 0.489. The second-order valence-corrected chi connectivity index (χ2v) is 1.55. The number of carboxylic acids is 1. The van der Waals surface area contributed by atoms with E-state index >= 15 is 0 Å². The molecule has 1 aromatic heterocycles. The molecular weight excluding hydrogens is 182 g/mol. The van der Waals surface area contributed by atoms with E-state index in [1.807, 2.05) is 0 Å². The quantitative estimate of drug-likeness (QED) is 0.660. The van der Waals surface area contributed by atoms with Crippen LogP contribution in [0.2, 0.25) is 0 Å². The molecule has 0 aliphatic carbocycles. The van der Waals surface area contributed by atoms with E-state index < -0.39 is 5.97 Å². The Morgan fingerprint density at radius 2 is 2.30 bits per heavy atom. The third kappa shape index (κ3) is 2.17. The first-order valence-corrected chi connectivity index (χ1v) is 2.44. The van der Waals surface area contributed by atoms with Crippen molar-refractivity contribution in [3.8, 4) is 0 Å². The normalized spacial score (nSPS) is 8.00. The summed E-state index contributed by atoms with van der Waals surface area (Å²) in [5, 5.41) is 8.34. The van der Waals surface area contributed by atoms with Crippen molar-refractivity contribution >= 4 is 5.97 Å². The predicted molar refractivity (Wildman–Crippen MR) is 31.2 cm³/mol. The van der Waals surface area contributed by atoms with Gasteiger partial charge in [-0.3, -0.25) is 4.98 Å². The second kappa shape index (κ2) is 4.04. The Morgan fingerprint density at radius 3 is 2.60 bits per heavy atom. The van der Waals surface area contributed by atoms with Crippen LogP contribution >= 0.6 is 0 Å². The summed E-state index contributed by atoms with van der Waals surface area (Å²) in [5.41, 5.74) is 0.220. The van der Waals surface area contributed by atoms with Crippen molar-refractivity contribution in [1.29, 1.82) is 0 Å². The summed E-state index contributed by atoms with van der Waals surface area (Å²) in [7, 11) is 0. The Hall–Kier alpha value is -0.861. The Kier molecular flexibility index (Phi) is 3.69. The van der Waals surface area contributed by atoms with Gasteiger partial charge >= 0.3 is 5.97 Å². The minimum Gasteiger partial charge on any atom is -0.478 e. The van der Waals surface area contributed by atoms with Crippen molar-refractivity contribution in [2.24, 2.45) is 0 Å². The van der Waals surface area contributed by atoms with E-state index in [1.165, 1.54) is 18.5 Å². The van der Waals surface area contributed by atoms with Crippen LogP contribution in [0.3, 0.4) is 0 Å². The molecule has 1 heterocycles. The van der Waals surface area contributed by atoms with Crippen molar-refractivity contribution in [2.45, 2.75) is 0 Å². The van der Waals surface area contributed by atoms with Gasteiger partial charge in [-0.25, -0.2) is 4.79 Å². The summed E-state index contributed by atoms with van der Waals surface area (Å²) >= 11 is 0. The molecule has 1 aromatic rings. The van der Waals surface area contributed by atoms with Gasteiger partial charge in [-0.15, -0.1) is 0 Å². The standard InChI is InChI=1S/C6H5NO2.Cu/c8-6(9)5-2-1-3-7-4-5;/h1-4H,(H,8,9);. The number of pyridine rings is 1. The van der Waals surface area contributed by atoms with Crippen LogP contribution in [0.5, 0.6) is 0 Å². The van der Waals surface area contributed by atoms with Crippen LogP contribution in [-0.2, 0) is 17.1 Å². The number of aromatic nitrogens is 1. The molecule has 1 N–H and O–H groups in total. The Balaban J connectivity index is 0.000000810. The number of carbonyl (C=O) groups is 1. The first-order valence-electron chi connectivity index (χ1n) is 2.44. The monoisotopic (exact) mass is 186 g/mol. The molecule has 0 aliphatic heterocycles. The average molecular weight is 187 g/mol. The number of hydrogen-bond donors (Lipinski definition) is 1. The van der Waals surface area contributed by atoms with Gasteiger partial charge in [0.05, 0.1) is 5.56 Å². The van der Waals surface area contributed by atoms with E-state index in [0.29, 0.717) is 0 Å². The van der Waals surface area contributed by atoms with E-state index in [1.54, 1.807) is 6.07 Å². The number of nitrogens with zero attached hydrogens (tertiary/aromatic N) is 1. The zero-order valence-electron chi connectivity index (χ0n) is 4.91. The molecule has 0 aliphatic rings. The van der Waals surface area contributed by atoms with E-state index in [4.69, 9.17) is 5.11 Å². The van der Waals surface area contributed by atoms with Crippen LogP contribution in [0.4, 0.5) is 0 Å². The molecule has 4 heteroatoms. The smallest absolute Gasteiger partial charge is 0.337 e. The maximum atomic E-state index is 10.2. The number of aromatic carboxylic acids is 1. The van der Waals surface area contributed by atoms with Crippen molar-refractivity contribution in [1.82, 2.24) is 4.98 Å². The van der Waals surface area contributed by atoms with E-state index in [9.17, 15) is 4.79 Å². The topological polar surface area (TPSA) is 50.2 Å².